The smallest absolute Gasteiger partial charge is 0.197 e. The first kappa shape index (κ1) is 12.9. The molecule has 0 saturated carbocycles. The molecule has 0 saturated heterocycles. The van der Waals surface area contributed by atoms with Gasteiger partial charge in [0.2, 0.25) is 0 Å². The summed E-state index contributed by atoms with van der Waals surface area (Å²) in [5.41, 5.74) is 5.17. The third-order valence-corrected chi connectivity index (χ3v) is 3.99. The molecule has 1 aliphatic rings. The lowest BCUT2D eigenvalue weighted by Gasteiger charge is -2.16. The summed E-state index contributed by atoms with van der Waals surface area (Å²) in [6.45, 7) is 3.97. The molecule has 0 bridgehead atoms. The number of hydrogen-bond acceptors (Lipinski definition) is 5. The Morgan fingerprint density at radius 1 is 0.864 bits per heavy atom. The van der Waals surface area contributed by atoms with Crippen LogP contribution in [-0.2, 0) is 13.1 Å². The molecule has 1 aromatic carbocycles. The first-order valence-electron chi connectivity index (χ1n) is 7.23. The lowest BCUT2D eigenvalue weighted by Crippen LogP contribution is -2.15. The van der Waals surface area contributed by atoms with Crippen molar-refractivity contribution in [2.75, 3.05) is 4.90 Å². The highest BCUT2D eigenvalue weighted by atomic mass is 15.2. The number of rotatable bonds is 2. The lowest BCUT2D eigenvalue weighted by molar-refractivity contribution is 0.867. The number of aromatic nitrogens is 4. The number of anilines is 1. The van der Waals surface area contributed by atoms with Crippen molar-refractivity contribution in [1.29, 1.82) is 0 Å². The highest BCUT2D eigenvalue weighted by Crippen LogP contribution is 2.29. The maximum Gasteiger partial charge on any atom is 0.197 e. The van der Waals surface area contributed by atoms with Crippen LogP contribution in [0.25, 0.3) is 11.6 Å². The van der Waals surface area contributed by atoms with E-state index < -0.39 is 0 Å². The zero-order valence-electron chi connectivity index (χ0n) is 12.3. The maximum absolute atomic E-state index is 4.40. The van der Waals surface area contributed by atoms with Crippen LogP contribution in [0.4, 0.5) is 5.69 Å². The Bertz CT molecular complexity index is 799. The summed E-state index contributed by atoms with van der Waals surface area (Å²) in [5, 5.41) is 0. The predicted octanol–water partition coefficient (Wildman–Crippen LogP) is 2.76. The Kier molecular flexibility index (Phi) is 3.04. The van der Waals surface area contributed by atoms with Crippen LogP contribution in [0.2, 0.25) is 0 Å². The quantitative estimate of drug-likeness (QED) is 0.726. The van der Waals surface area contributed by atoms with Crippen molar-refractivity contribution in [1.82, 2.24) is 19.9 Å². The van der Waals surface area contributed by atoms with Crippen molar-refractivity contribution >= 4 is 5.69 Å². The van der Waals surface area contributed by atoms with Crippen molar-refractivity contribution in [3.63, 3.8) is 0 Å². The molecule has 0 aliphatic carbocycles. The zero-order valence-corrected chi connectivity index (χ0v) is 12.3. The van der Waals surface area contributed by atoms with Crippen LogP contribution < -0.4 is 4.90 Å². The molecule has 0 N–H and O–H groups in total. The molecule has 0 radical (unpaired) electrons. The summed E-state index contributed by atoms with van der Waals surface area (Å²) < 4.78 is 0. The molecule has 5 nitrogen and oxygen atoms in total. The maximum atomic E-state index is 4.40. The Morgan fingerprint density at radius 2 is 1.59 bits per heavy atom. The second kappa shape index (κ2) is 5.18. The molecular formula is C17H15N5. The molecule has 0 unspecified atom stereocenters. The van der Waals surface area contributed by atoms with Gasteiger partial charge in [-0.2, -0.15) is 0 Å². The topological polar surface area (TPSA) is 54.8 Å². The van der Waals surface area contributed by atoms with Crippen LogP contribution in [-0.4, -0.2) is 19.9 Å². The van der Waals surface area contributed by atoms with Crippen molar-refractivity contribution < 1.29 is 0 Å². The summed E-state index contributed by atoms with van der Waals surface area (Å²) in [4.78, 5) is 19.4. The van der Waals surface area contributed by atoms with Gasteiger partial charge in [-0.05, 0) is 29.7 Å². The van der Waals surface area contributed by atoms with Crippen molar-refractivity contribution in [2.24, 2.45) is 0 Å². The monoisotopic (exact) mass is 289 g/mol. The van der Waals surface area contributed by atoms with Gasteiger partial charge in [-0.1, -0.05) is 18.2 Å². The molecule has 108 valence electrons. The van der Waals surface area contributed by atoms with Gasteiger partial charge in [-0.25, -0.2) is 19.9 Å². The van der Waals surface area contributed by atoms with Gasteiger partial charge >= 0.3 is 0 Å². The van der Waals surface area contributed by atoms with Crippen molar-refractivity contribution in [2.45, 2.75) is 20.0 Å². The third kappa shape index (κ3) is 2.20. The normalized spacial score (nSPS) is 13.2. The van der Waals surface area contributed by atoms with Gasteiger partial charge in [0.1, 0.15) is 0 Å². The minimum absolute atomic E-state index is 0.551. The standard InChI is InChI=1S/C17H15N5/c1-12-4-2-5-13-10-22(11-15(12)13)14-8-20-17(21-9-14)16-18-6-3-7-19-16/h2-9H,10-11H2,1H3. The molecule has 0 atom stereocenters. The van der Waals surface area contributed by atoms with Gasteiger partial charge in [0.25, 0.3) is 0 Å². The average molecular weight is 289 g/mol. The van der Waals surface area contributed by atoms with Gasteiger partial charge in [-0.3, -0.25) is 0 Å². The van der Waals surface area contributed by atoms with Crippen LogP contribution in [0.5, 0.6) is 0 Å². The van der Waals surface area contributed by atoms with Crippen LogP contribution in [0.15, 0.2) is 49.1 Å². The van der Waals surface area contributed by atoms with Crippen molar-refractivity contribution in [3.8, 4) is 11.6 Å². The Hall–Kier alpha value is -2.82. The minimum Gasteiger partial charge on any atom is -0.360 e. The lowest BCUT2D eigenvalue weighted by atomic mass is 10.1. The summed E-state index contributed by atoms with van der Waals surface area (Å²) in [6, 6.07) is 8.25. The SMILES string of the molecule is Cc1cccc2c1CN(c1cnc(-c3ncccn3)nc1)C2. The third-order valence-electron chi connectivity index (χ3n) is 3.99. The molecule has 5 heteroatoms. The Morgan fingerprint density at radius 3 is 2.32 bits per heavy atom. The number of nitrogens with zero attached hydrogens (tertiary/aromatic N) is 5. The van der Waals surface area contributed by atoms with Crippen LogP contribution in [0, 0.1) is 6.92 Å². The van der Waals surface area contributed by atoms with E-state index in [9.17, 15) is 0 Å². The van der Waals surface area contributed by atoms with Crippen LogP contribution in [0.3, 0.4) is 0 Å². The molecule has 4 rings (SSSR count). The minimum atomic E-state index is 0.551. The highest BCUT2D eigenvalue weighted by Gasteiger charge is 2.21. The number of fused-ring (bicyclic) bond motifs is 1. The van der Waals surface area contributed by atoms with E-state index in [1.807, 2.05) is 12.4 Å². The molecule has 0 fully saturated rings. The predicted molar refractivity (Wildman–Crippen MR) is 84.1 cm³/mol. The molecule has 3 heterocycles. The highest BCUT2D eigenvalue weighted by molar-refractivity contribution is 5.53. The molecule has 2 aromatic heterocycles. The fourth-order valence-corrected chi connectivity index (χ4v) is 2.79. The second-order valence-corrected chi connectivity index (χ2v) is 5.41. The van der Waals surface area contributed by atoms with Gasteiger partial charge in [0, 0.05) is 25.5 Å². The number of aryl methyl sites for hydroxylation is 1. The second-order valence-electron chi connectivity index (χ2n) is 5.41. The van der Waals surface area contributed by atoms with Crippen LogP contribution in [0.1, 0.15) is 16.7 Å². The molecule has 0 amide bonds. The fraction of sp³-hybridized carbons (Fsp3) is 0.176. The Labute approximate surface area is 128 Å². The number of benzene rings is 1. The molecule has 22 heavy (non-hydrogen) atoms. The van der Waals surface area contributed by atoms with E-state index in [-0.39, 0.29) is 0 Å². The molecule has 1 aliphatic heterocycles. The van der Waals surface area contributed by atoms with Gasteiger partial charge in [-0.15, -0.1) is 0 Å². The van der Waals surface area contributed by atoms with Gasteiger partial charge in [0.15, 0.2) is 11.6 Å². The van der Waals surface area contributed by atoms with E-state index >= 15 is 0 Å². The molecular weight excluding hydrogens is 274 g/mol. The molecule has 3 aromatic rings. The summed E-state index contributed by atoms with van der Waals surface area (Å²) in [5.74, 6) is 1.10. The van der Waals surface area contributed by atoms with E-state index in [2.05, 4.69) is 50.0 Å². The summed E-state index contributed by atoms with van der Waals surface area (Å²) in [6.07, 6.45) is 7.08. The summed E-state index contributed by atoms with van der Waals surface area (Å²) >= 11 is 0. The Balaban J connectivity index is 1.59. The van der Waals surface area contributed by atoms with Gasteiger partial charge < -0.3 is 4.90 Å². The first-order chi connectivity index (χ1) is 10.8. The number of hydrogen-bond donors (Lipinski definition) is 0. The molecule has 0 spiro atoms. The van der Waals surface area contributed by atoms with E-state index in [0.717, 1.165) is 18.8 Å². The largest absolute Gasteiger partial charge is 0.360 e. The van der Waals surface area contributed by atoms with E-state index in [4.69, 9.17) is 0 Å². The van der Waals surface area contributed by atoms with Crippen LogP contribution >= 0.6 is 0 Å². The van der Waals surface area contributed by atoms with Gasteiger partial charge in [0.05, 0.1) is 18.1 Å². The van der Waals surface area contributed by atoms with E-state index in [0.29, 0.717) is 11.6 Å². The first-order valence-corrected chi connectivity index (χ1v) is 7.23. The fourth-order valence-electron chi connectivity index (χ4n) is 2.79. The average Bonchev–Trinajstić information content (AvgIpc) is 3.02. The zero-order chi connectivity index (χ0) is 14.9. The van der Waals surface area contributed by atoms with E-state index in [1.54, 1.807) is 18.5 Å². The van der Waals surface area contributed by atoms with E-state index in [1.165, 1.54) is 16.7 Å². The van der Waals surface area contributed by atoms with Crippen molar-refractivity contribution in [3.05, 3.63) is 65.7 Å². The summed E-state index contributed by atoms with van der Waals surface area (Å²) in [7, 11) is 0.